The summed E-state index contributed by atoms with van der Waals surface area (Å²) >= 11 is 0. The Bertz CT molecular complexity index is 698. The second kappa shape index (κ2) is 38.5. The van der Waals surface area contributed by atoms with Crippen LogP contribution in [0.2, 0.25) is 0 Å². The van der Waals surface area contributed by atoms with Gasteiger partial charge in [-0.15, -0.1) is 6.42 Å². The Morgan fingerprint density at radius 1 is 0.375 bits per heavy atom. The third-order valence-corrected chi connectivity index (χ3v) is 5.96. The molecular formula is C34H64O14. The molecule has 0 amide bonds. The minimum atomic E-state index is -0.316. The van der Waals surface area contributed by atoms with E-state index in [9.17, 15) is 4.79 Å². The molecule has 0 aromatic heterocycles. The summed E-state index contributed by atoms with van der Waals surface area (Å²) in [7, 11) is 0. The highest BCUT2D eigenvalue weighted by molar-refractivity contribution is 5.83. The van der Waals surface area contributed by atoms with E-state index in [1.54, 1.807) is 0 Å². The molecule has 0 bridgehead atoms. The van der Waals surface area contributed by atoms with Crippen molar-refractivity contribution in [2.75, 3.05) is 172 Å². The molecule has 14 heteroatoms. The monoisotopic (exact) mass is 696 g/mol. The highest BCUT2D eigenvalue weighted by Crippen LogP contribution is 2.16. The molecular weight excluding hydrogens is 632 g/mol. The summed E-state index contributed by atoms with van der Waals surface area (Å²) in [4.78, 5) is 11.8. The van der Waals surface area contributed by atoms with E-state index in [1.807, 2.05) is 20.8 Å². The van der Waals surface area contributed by atoms with Crippen LogP contribution in [0.4, 0.5) is 0 Å². The van der Waals surface area contributed by atoms with Crippen LogP contribution in [0.25, 0.3) is 0 Å². The first-order valence-electron chi connectivity index (χ1n) is 17.0. The molecule has 0 fully saturated rings. The van der Waals surface area contributed by atoms with Crippen molar-refractivity contribution < 1.29 is 66.4 Å². The smallest absolute Gasteiger partial charge is 0.140 e. The van der Waals surface area contributed by atoms with Crippen molar-refractivity contribution in [2.24, 2.45) is 5.41 Å². The number of ketones is 1. The lowest BCUT2D eigenvalue weighted by Crippen LogP contribution is -2.22. The zero-order valence-electron chi connectivity index (χ0n) is 29.9. The molecule has 0 saturated carbocycles. The highest BCUT2D eigenvalue weighted by atomic mass is 16.6. The van der Waals surface area contributed by atoms with Gasteiger partial charge in [-0.2, -0.15) is 0 Å². The molecule has 0 aromatic rings. The molecule has 0 aliphatic carbocycles. The van der Waals surface area contributed by atoms with Gasteiger partial charge in [0.25, 0.3) is 0 Å². The Balaban J connectivity index is 3.09. The van der Waals surface area contributed by atoms with Crippen LogP contribution in [-0.4, -0.2) is 178 Å². The fraction of sp³-hybridized carbons (Fsp3) is 0.912. The van der Waals surface area contributed by atoms with E-state index in [4.69, 9.17) is 68.0 Å². The Morgan fingerprint density at radius 3 is 0.750 bits per heavy atom. The van der Waals surface area contributed by atoms with Gasteiger partial charge in [-0.25, -0.2) is 0 Å². The minimum Gasteiger partial charge on any atom is -0.379 e. The van der Waals surface area contributed by atoms with E-state index in [2.05, 4.69) is 5.92 Å². The van der Waals surface area contributed by atoms with Gasteiger partial charge in [-0.05, 0) is 0 Å². The molecule has 0 aliphatic rings. The number of hydrogen-bond donors (Lipinski definition) is 0. The van der Waals surface area contributed by atoms with E-state index in [0.29, 0.717) is 178 Å². The third-order valence-electron chi connectivity index (χ3n) is 5.96. The lowest BCUT2D eigenvalue weighted by Gasteiger charge is -2.16. The molecule has 0 heterocycles. The van der Waals surface area contributed by atoms with Crippen LogP contribution < -0.4 is 0 Å². The first-order chi connectivity index (χ1) is 23.5. The van der Waals surface area contributed by atoms with E-state index >= 15 is 0 Å². The zero-order valence-corrected chi connectivity index (χ0v) is 29.9. The molecule has 0 atom stereocenters. The minimum absolute atomic E-state index is 0.201. The largest absolute Gasteiger partial charge is 0.379 e. The quantitative estimate of drug-likeness (QED) is 0.0681. The molecule has 0 aromatic carbocycles. The summed E-state index contributed by atoms with van der Waals surface area (Å²) < 4.78 is 70.4. The van der Waals surface area contributed by atoms with Crippen molar-refractivity contribution >= 4 is 5.78 Å². The van der Waals surface area contributed by atoms with Crippen molar-refractivity contribution in [3.05, 3.63) is 0 Å². The molecule has 0 saturated heterocycles. The number of hydrogen-bond acceptors (Lipinski definition) is 14. The van der Waals surface area contributed by atoms with Gasteiger partial charge in [-0.1, -0.05) is 26.7 Å². The molecule has 0 unspecified atom stereocenters. The summed E-state index contributed by atoms with van der Waals surface area (Å²) in [5, 5.41) is 0. The van der Waals surface area contributed by atoms with Crippen molar-refractivity contribution in [3.8, 4) is 12.3 Å². The number of terminal acetylenes is 1. The van der Waals surface area contributed by atoms with Crippen LogP contribution in [0.15, 0.2) is 0 Å². The predicted molar refractivity (Wildman–Crippen MR) is 179 cm³/mol. The lowest BCUT2D eigenvalue weighted by atomic mass is 9.89. The lowest BCUT2D eigenvalue weighted by molar-refractivity contribution is -0.127. The fourth-order valence-corrected chi connectivity index (χ4v) is 3.31. The Morgan fingerprint density at radius 2 is 0.562 bits per heavy atom. The first-order valence-corrected chi connectivity index (χ1v) is 17.0. The van der Waals surface area contributed by atoms with Gasteiger partial charge in [-0.3, -0.25) is 4.79 Å². The maximum atomic E-state index is 11.8. The Labute approximate surface area is 288 Å². The molecule has 14 nitrogen and oxygen atoms in total. The average molecular weight is 697 g/mol. The number of carbonyl (C=O) groups is 1. The maximum absolute atomic E-state index is 11.8. The van der Waals surface area contributed by atoms with E-state index in [-0.39, 0.29) is 11.2 Å². The number of ether oxygens (including phenoxy) is 13. The number of carbonyl (C=O) groups excluding carboxylic acids is 1. The van der Waals surface area contributed by atoms with Gasteiger partial charge in [0.2, 0.25) is 0 Å². The fourth-order valence-electron chi connectivity index (χ4n) is 3.31. The standard InChI is InChI=1S/C34H64O14/c1-5-7-36-9-11-38-13-15-40-17-19-42-21-23-44-25-27-46-29-31-48-32-30-47-28-26-45-24-22-43-20-18-41-16-14-39-12-10-37-8-6-33(35)34(2,3)4/h1H,6-32H2,2-4H3. The third kappa shape index (κ3) is 39.2. The Kier molecular flexibility index (Phi) is 37.5. The summed E-state index contributed by atoms with van der Waals surface area (Å²) in [6.45, 7) is 18.4. The van der Waals surface area contributed by atoms with Crippen LogP contribution in [0.1, 0.15) is 27.2 Å². The summed E-state index contributed by atoms with van der Waals surface area (Å²) in [5.74, 6) is 2.60. The maximum Gasteiger partial charge on any atom is 0.140 e. The first kappa shape index (κ1) is 46.7. The van der Waals surface area contributed by atoms with E-state index in [0.717, 1.165) is 0 Å². The van der Waals surface area contributed by atoms with Crippen LogP contribution in [0.5, 0.6) is 0 Å². The normalized spacial score (nSPS) is 11.7. The van der Waals surface area contributed by atoms with Crippen LogP contribution in [0.3, 0.4) is 0 Å². The summed E-state index contributed by atoms with van der Waals surface area (Å²) in [5.41, 5.74) is -0.316. The molecule has 284 valence electrons. The van der Waals surface area contributed by atoms with Gasteiger partial charge < -0.3 is 61.6 Å². The number of Topliss-reactive ketones (excluding diaryl/α,β-unsaturated/α-hetero) is 1. The van der Waals surface area contributed by atoms with Gasteiger partial charge >= 0.3 is 0 Å². The molecule has 48 heavy (non-hydrogen) atoms. The van der Waals surface area contributed by atoms with E-state index < -0.39 is 0 Å². The zero-order chi connectivity index (χ0) is 35.1. The Hall–Kier alpha value is -1.29. The predicted octanol–water partition coefficient (Wildman–Crippen LogP) is 1.84. The van der Waals surface area contributed by atoms with Gasteiger partial charge in [0.1, 0.15) is 12.4 Å². The molecule has 0 spiro atoms. The highest BCUT2D eigenvalue weighted by Gasteiger charge is 2.20. The summed E-state index contributed by atoms with van der Waals surface area (Å²) in [6.07, 6.45) is 5.51. The van der Waals surface area contributed by atoms with Crippen LogP contribution >= 0.6 is 0 Å². The second-order valence-corrected chi connectivity index (χ2v) is 11.0. The van der Waals surface area contributed by atoms with Crippen LogP contribution in [0, 0.1) is 17.8 Å². The second-order valence-electron chi connectivity index (χ2n) is 11.0. The van der Waals surface area contributed by atoms with Crippen molar-refractivity contribution in [3.63, 3.8) is 0 Å². The molecule has 0 rings (SSSR count). The van der Waals surface area contributed by atoms with Gasteiger partial charge in [0.05, 0.1) is 165 Å². The number of rotatable bonds is 40. The van der Waals surface area contributed by atoms with E-state index in [1.165, 1.54) is 0 Å². The van der Waals surface area contributed by atoms with Gasteiger partial charge in [0.15, 0.2) is 0 Å². The molecule has 0 aliphatic heterocycles. The molecule has 0 N–H and O–H groups in total. The van der Waals surface area contributed by atoms with Crippen LogP contribution in [-0.2, 0) is 66.4 Å². The topological polar surface area (TPSA) is 137 Å². The van der Waals surface area contributed by atoms with Crippen molar-refractivity contribution in [1.82, 2.24) is 0 Å². The summed E-state index contributed by atoms with van der Waals surface area (Å²) in [6, 6.07) is 0. The molecule has 0 radical (unpaired) electrons. The van der Waals surface area contributed by atoms with Crippen molar-refractivity contribution in [2.45, 2.75) is 27.2 Å². The van der Waals surface area contributed by atoms with Gasteiger partial charge in [0, 0.05) is 11.8 Å². The van der Waals surface area contributed by atoms with Crippen molar-refractivity contribution in [1.29, 1.82) is 0 Å². The SMILES string of the molecule is C#CCOCCOCCOCCOCCOCCOCCOCCOCCOCCOCCOCCOCCOCCC(=O)C(C)(C)C. The average Bonchev–Trinajstić information content (AvgIpc) is 3.06.